The number of benzene rings is 2. The predicted octanol–water partition coefficient (Wildman–Crippen LogP) is 3.08. The van der Waals surface area contributed by atoms with Crippen LogP contribution in [0.15, 0.2) is 42.5 Å². The zero-order valence-electron chi connectivity index (χ0n) is 11.3. The van der Waals surface area contributed by atoms with E-state index in [0.29, 0.717) is 4.99 Å². The van der Waals surface area contributed by atoms with Crippen molar-refractivity contribution in [3.8, 4) is 11.5 Å². The van der Waals surface area contributed by atoms with Gasteiger partial charge in [0.05, 0.1) is 19.9 Å². The molecule has 0 radical (unpaired) electrons. The van der Waals surface area contributed by atoms with Gasteiger partial charge < -0.3 is 20.5 Å². The van der Waals surface area contributed by atoms with E-state index in [0.717, 1.165) is 28.4 Å². The van der Waals surface area contributed by atoms with Crippen LogP contribution < -0.4 is 20.5 Å². The van der Waals surface area contributed by atoms with Gasteiger partial charge in [-0.15, -0.1) is 0 Å². The molecule has 20 heavy (non-hydrogen) atoms. The maximum Gasteiger partial charge on any atom is 0.120 e. The van der Waals surface area contributed by atoms with Crippen LogP contribution in [0.2, 0.25) is 0 Å². The molecule has 4 nitrogen and oxygen atoms in total. The minimum absolute atomic E-state index is 0.332. The van der Waals surface area contributed by atoms with Gasteiger partial charge in [0, 0.05) is 23.4 Å². The zero-order chi connectivity index (χ0) is 14.5. The minimum atomic E-state index is 0.332. The van der Waals surface area contributed by atoms with Gasteiger partial charge in [-0.3, -0.25) is 0 Å². The number of ether oxygens (including phenoxy) is 2. The zero-order valence-corrected chi connectivity index (χ0v) is 12.2. The molecular formula is C15H16N2O2S. The Hall–Kier alpha value is -2.27. The summed E-state index contributed by atoms with van der Waals surface area (Å²) >= 11 is 5.07. The third-order valence-electron chi connectivity index (χ3n) is 2.84. The van der Waals surface area contributed by atoms with Crippen LogP contribution in [0.25, 0.3) is 0 Å². The van der Waals surface area contributed by atoms with Gasteiger partial charge in [-0.1, -0.05) is 18.3 Å². The van der Waals surface area contributed by atoms with E-state index in [4.69, 9.17) is 27.4 Å². The molecule has 5 heteroatoms. The molecule has 0 saturated carbocycles. The van der Waals surface area contributed by atoms with Crippen molar-refractivity contribution in [3.05, 3.63) is 48.0 Å². The quantitative estimate of drug-likeness (QED) is 0.828. The van der Waals surface area contributed by atoms with Crippen LogP contribution in [0, 0.1) is 0 Å². The van der Waals surface area contributed by atoms with Crippen molar-refractivity contribution in [1.82, 2.24) is 0 Å². The first-order valence-electron chi connectivity index (χ1n) is 6.03. The van der Waals surface area contributed by atoms with Gasteiger partial charge in [0.1, 0.15) is 16.5 Å². The highest BCUT2D eigenvalue weighted by Crippen LogP contribution is 2.27. The lowest BCUT2D eigenvalue weighted by molar-refractivity contribution is 0.415. The summed E-state index contributed by atoms with van der Waals surface area (Å²) in [4.78, 5) is 0.332. The molecule has 0 saturated heterocycles. The van der Waals surface area contributed by atoms with Crippen molar-refractivity contribution in [2.75, 3.05) is 19.5 Å². The van der Waals surface area contributed by atoms with Crippen LogP contribution in [-0.4, -0.2) is 19.2 Å². The summed E-state index contributed by atoms with van der Waals surface area (Å²) in [5.74, 6) is 1.50. The molecule has 3 N–H and O–H groups in total. The molecular weight excluding hydrogens is 272 g/mol. The number of methoxy groups -OCH3 is 2. The molecule has 104 valence electrons. The van der Waals surface area contributed by atoms with E-state index in [2.05, 4.69) is 5.32 Å². The average molecular weight is 288 g/mol. The van der Waals surface area contributed by atoms with Crippen molar-refractivity contribution in [3.63, 3.8) is 0 Å². The van der Waals surface area contributed by atoms with Crippen molar-refractivity contribution in [1.29, 1.82) is 0 Å². The second-order valence-electron chi connectivity index (χ2n) is 4.13. The van der Waals surface area contributed by atoms with Gasteiger partial charge in [-0.25, -0.2) is 0 Å². The number of anilines is 2. The number of nitrogens with two attached hydrogens (primary N) is 1. The maximum absolute atomic E-state index is 5.74. The first kappa shape index (κ1) is 14.1. The molecule has 0 aliphatic rings. The second kappa shape index (κ2) is 6.25. The third-order valence-corrected chi connectivity index (χ3v) is 3.06. The molecule has 2 rings (SSSR count). The largest absolute Gasteiger partial charge is 0.497 e. The van der Waals surface area contributed by atoms with E-state index in [1.807, 2.05) is 42.5 Å². The number of nitrogens with one attached hydrogen (secondary N) is 1. The summed E-state index contributed by atoms with van der Waals surface area (Å²) in [5, 5.41) is 3.28. The molecule has 0 bridgehead atoms. The molecule has 0 aliphatic carbocycles. The molecule has 2 aromatic carbocycles. The molecule has 0 spiro atoms. The number of hydrogen-bond donors (Lipinski definition) is 2. The molecule has 2 aromatic rings. The molecule has 0 atom stereocenters. The van der Waals surface area contributed by atoms with Gasteiger partial charge in [0.25, 0.3) is 0 Å². The first-order valence-corrected chi connectivity index (χ1v) is 6.44. The van der Waals surface area contributed by atoms with Crippen molar-refractivity contribution < 1.29 is 9.47 Å². The first-order chi connectivity index (χ1) is 9.63. The molecule has 0 aromatic heterocycles. The summed E-state index contributed by atoms with van der Waals surface area (Å²) in [6, 6.07) is 13.1. The molecule has 0 amide bonds. The molecule has 0 aliphatic heterocycles. The maximum atomic E-state index is 5.74. The number of hydrogen-bond acceptors (Lipinski definition) is 4. The smallest absolute Gasteiger partial charge is 0.120 e. The number of thiocarbonyl (C=S) groups is 1. The van der Waals surface area contributed by atoms with Crippen LogP contribution in [0.5, 0.6) is 11.5 Å². The highest BCUT2D eigenvalue weighted by molar-refractivity contribution is 7.80. The standard InChI is InChI=1S/C15H16N2O2S/c1-18-11-5-3-4-10(8-11)17-14-9-12(19-2)6-7-13(14)15(16)20/h3-9,17H,1-2H3,(H2,16,20). The minimum Gasteiger partial charge on any atom is -0.497 e. The van der Waals surface area contributed by atoms with Crippen molar-refractivity contribution in [2.45, 2.75) is 0 Å². The Labute approximate surface area is 123 Å². The van der Waals surface area contributed by atoms with Crippen LogP contribution in [0.1, 0.15) is 5.56 Å². The predicted molar refractivity (Wildman–Crippen MR) is 85.2 cm³/mol. The van der Waals surface area contributed by atoms with E-state index in [1.165, 1.54) is 0 Å². The number of rotatable bonds is 5. The fourth-order valence-electron chi connectivity index (χ4n) is 1.82. The summed E-state index contributed by atoms with van der Waals surface area (Å²) in [6.07, 6.45) is 0. The Bertz CT molecular complexity index is 629. The van der Waals surface area contributed by atoms with Gasteiger partial charge >= 0.3 is 0 Å². The normalized spacial score (nSPS) is 9.90. The lowest BCUT2D eigenvalue weighted by Crippen LogP contribution is -2.12. The second-order valence-corrected chi connectivity index (χ2v) is 4.57. The molecule has 0 fully saturated rings. The SMILES string of the molecule is COc1cccc(Nc2cc(OC)ccc2C(N)=S)c1. The lowest BCUT2D eigenvalue weighted by atomic mass is 10.1. The molecule has 0 unspecified atom stereocenters. The Balaban J connectivity index is 2.37. The van der Waals surface area contributed by atoms with Crippen molar-refractivity contribution in [2.24, 2.45) is 5.73 Å². The summed E-state index contributed by atoms with van der Waals surface area (Å²) in [7, 11) is 3.25. The fraction of sp³-hybridized carbons (Fsp3) is 0.133. The van der Waals surface area contributed by atoms with Crippen LogP contribution in [0.3, 0.4) is 0 Å². The monoisotopic (exact) mass is 288 g/mol. The topological polar surface area (TPSA) is 56.5 Å². The van der Waals surface area contributed by atoms with Gasteiger partial charge in [0.2, 0.25) is 0 Å². The van der Waals surface area contributed by atoms with Gasteiger partial charge in [0.15, 0.2) is 0 Å². The Kier molecular flexibility index (Phi) is 4.42. The van der Waals surface area contributed by atoms with E-state index < -0.39 is 0 Å². The fourth-order valence-corrected chi connectivity index (χ4v) is 2.00. The lowest BCUT2D eigenvalue weighted by Gasteiger charge is -2.13. The highest BCUT2D eigenvalue weighted by atomic mass is 32.1. The summed E-state index contributed by atoms with van der Waals surface area (Å²) < 4.78 is 10.4. The van der Waals surface area contributed by atoms with Crippen molar-refractivity contribution >= 4 is 28.6 Å². The average Bonchev–Trinajstić information content (AvgIpc) is 2.47. The van der Waals surface area contributed by atoms with Crippen LogP contribution >= 0.6 is 12.2 Å². The van der Waals surface area contributed by atoms with E-state index in [-0.39, 0.29) is 0 Å². The summed E-state index contributed by atoms with van der Waals surface area (Å²) in [5.41, 5.74) is 8.19. The van der Waals surface area contributed by atoms with E-state index in [1.54, 1.807) is 14.2 Å². The van der Waals surface area contributed by atoms with Gasteiger partial charge in [-0.05, 0) is 24.3 Å². The third kappa shape index (κ3) is 3.19. The Morgan fingerprint density at radius 2 is 1.75 bits per heavy atom. The molecule has 0 heterocycles. The Morgan fingerprint density at radius 1 is 1.05 bits per heavy atom. The van der Waals surface area contributed by atoms with Gasteiger partial charge in [-0.2, -0.15) is 0 Å². The van der Waals surface area contributed by atoms with Crippen LogP contribution in [0.4, 0.5) is 11.4 Å². The van der Waals surface area contributed by atoms with Crippen LogP contribution in [-0.2, 0) is 0 Å². The Morgan fingerprint density at radius 3 is 2.40 bits per heavy atom. The summed E-state index contributed by atoms with van der Waals surface area (Å²) in [6.45, 7) is 0. The van der Waals surface area contributed by atoms with E-state index in [9.17, 15) is 0 Å². The van der Waals surface area contributed by atoms with E-state index >= 15 is 0 Å². The highest BCUT2D eigenvalue weighted by Gasteiger charge is 2.08.